The second kappa shape index (κ2) is 8.04. The topological polar surface area (TPSA) is 39.7 Å². The quantitative estimate of drug-likeness (QED) is 0.753. The molecule has 21 heavy (non-hydrogen) atoms. The van der Waals surface area contributed by atoms with Crippen molar-refractivity contribution in [3.63, 3.8) is 0 Å². The fourth-order valence-corrected chi connectivity index (χ4v) is 1.93. The molecule has 0 heterocycles. The van der Waals surface area contributed by atoms with E-state index in [1.165, 1.54) is 0 Å². The largest absolute Gasteiger partial charge is 0.494 e. The van der Waals surface area contributed by atoms with Gasteiger partial charge in [0.25, 0.3) is 0 Å². The van der Waals surface area contributed by atoms with Crippen molar-refractivity contribution in [1.82, 2.24) is 0 Å². The summed E-state index contributed by atoms with van der Waals surface area (Å²) in [6, 6.07) is 15.5. The zero-order valence-corrected chi connectivity index (χ0v) is 12.5. The minimum atomic E-state index is 0.563. The first-order chi connectivity index (χ1) is 10.3. The smallest absolute Gasteiger partial charge is 0.161 e. The van der Waals surface area contributed by atoms with Crippen LogP contribution in [0.25, 0.3) is 0 Å². The van der Waals surface area contributed by atoms with Crippen LogP contribution in [0.5, 0.6) is 17.2 Å². The van der Waals surface area contributed by atoms with Crippen molar-refractivity contribution in [1.29, 1.82) is 0 Å². The number of benzene rings is 2. The van der Waals surface area contributed by atoms with Gasteiger partial charge in [0.2, 0.25) is 0 Å². The summed E-state index contributed by atoms with van der Waals surface area (Å²) in [5, 5.41) is 3.30. The van der Waals surface area contributed by atoms with Crippen LogP contribution in [0.4, 0.5) is 5.69 Å². The third-order valence-electron chi connectivity index (χ3n) is 2.92. The molecule has 0 spiro atoms. The van der Waals surface area contributed by atoms with E-state index in [9.17, 15) is 0 Å². The summed E-state index contributed by atoms with van der Waals surface area (Å²) in [6.45, 7) is 3.93. The highest BCUT2D eigenvalue weighted by Gasteiger charge is 2.01. The fraction of sp³-hybridized carbons (Fsp3) is 0.294. The van der Waals surface area contributed by atoms with E-state index < -0.39 is 0 Å². The van der Waals surface area contributed by atoms with E-state index >= 15 is 0 Å². The van der Waals surface area contributed by atoms with Gasteiger partial charge >= 0.3 is 0 Å². The summed E-state index contributed by atoms with van der Waals surface area (Å²) < 4.78 is 16.3. The molecule has 0 aliphatic rings. The van der Waals surface area contributed by atoms with Crippen LogP contribution in [0.3, 0.4) is 0 Å². The zero-order valence-electron chi connectivity index (χ0n) is 12.5. The Balaban J connectivity index is 1.76. The summed E-state index contributed by atoms with van der Waals surface area (Å²) in [7, 11) is 1.64. The normalized spacial score (nSPS) is 10.0. The molecule has 2 aromatic carbocycles. The van der Waals surface area contributed by atoms with Gasteiger partial charge in [0.1, 0.15) is 12.4 Å². The van der Waals surface area contributed by atoms with Crippen LogP contribution >= 0.6 is 0 Å². The highest BCUT2D eigenvalue weighted by molar-refractivity contribution is 5.46. The van der Waals surface area contributed by atoms with Crippen molar-refractivity contribution in [2.45, 2.75) is 6.92 Å². The maximum atomic E-state index is 5.70. The first kappa shape index (κ1) is 15.0. The highest BCUT2D eigenvalue weighted by Crippen LogP contribution is 2.25. The van der Waals surface area contributed by atoms with Gasteiger partial charge < -0.3 is 19.5 Å². The summed E-state index contributed by atoms with van der Waals surface area (Å²) in [4.78, 5) is 0. The van der Waals surface area contributed by atoms with E-state index in [2.05, 4.69) is 5.32 Å². The summed E-state index contributed by atoms with van der Waals surface area (Å²) in [5.74, 6) is 2.39. The number of para-hydroxylation sites is 2. The Bertz CT molecular complexity index is 540. The Morgan fingerprint density at radius 2 is 1.62 bits per heavy atom. The Morgan fingerprint density at radius 3 is 2.29 bits per heavy atom. The summed E-state index contributed by atoms with van der Waals surface area (Å²) in [6.07, 6.45) is 0. The molecule has 0 amide bonds. The number of ether oxygens (including phenoxy) is 3. The molecule has 0 fully saturated rings. The maximum absolute atomic E-state index is 5.70. The van der Waals surface area contributed by atoms with Crippen molar-refractivity contribution >= 4 is 5.69 Å². The predicted molar refractivity (Wildman–Crippen MR) is 84.6 cm³/mol. The van der Waals surface area contributed by atoms with E-state index in [1.807, 2.05) is 55.5 Å². The number of nitrogens with one attached hydrogen (secondary N) is 1. The molecule has 4 heteroatoms. The molecule has 0 atom stereocenters. The van der Waals surface area contributed by atoms with Gasteiger partial charge in [-0.25, -0.2) is 0 Å². The van der Waals surface area contributed by atoms with Crippen LogP contribution < -0.4 is 19.5 Å². The van der Waals surface area contributed by atoms with E-state index in [-0.39, 0.29) is 0 Å². The van der Waals surface area contributed by atoms with Gasteiger partial charge in [0, 0.05) is 12.2 Å². The molecule has 0 unspecified atom stereocenters. The Morgan fingerprint density at radius 1 is 0.905 bits per heavy atom. The third-order valence-corrected chi connectivity index (χ3v) is 2.92. The minimum Gasteiger partial charge on any atom is -0.494 e. The molecule has 4 nitrogen and oxygen atoms in total. The number of methoxy groups -OCH3 is 1. The first-order valence-electron chi connectivity index (χ1n) is 7.06. The zero-order chi connectivity index (χ0) is 14.9. The van der Waals surface area contributed by atoms with E-state index in [0.717, 1.165) is 22.9 Å². The van der Waals surface area contributed by atoms with Gasteiger partial charge in [-0.3, -0.25) is 0 Å². The number of hydrogen-bond donors (Lipinski definition) is 1. The number of anilines is 1. The lowest BCUT2D eigenvalue weighted by Crippen LogP contribution is -2.11. The average molecular weight is 287 g/mol. The second-order valence-corrected chi connectivity index (χ2v) is 4.38. The first-order valence-corrected chi connectivity index (χ1v) is 7.06. The van der Waals surface area contributed by atoms with Gasteiger partial charge in [-0.2, -0.15) is 0 Å². The Labute approximate surface area is 125 Å². The minimum absolute atomic E-state index is 0.563. The average Bonchev–Trinajstić information content (AvgIpc) is 2.54. The lowest BCUT2D eigenvalue weighted by molar-refractivity contribution is 0.306. The van der Waals surface area contributed by atoms with Crippen LogP contribution in [0.1, 0.15) is 6.92 Å². The molecular formula is C17H21NO3. The van der Waals surface area contributed by atoms with Crippen LogP contribution in [-0.4, -0.2) is 26.9 Å². The van der Waals surface area contributed by atoms with Crippen molar-refractivity contribution < 1.29 is 14.2 Å². The molecular weight excluding hydrogens is 266 g/mol. The second-order valence-electron chi connectivity index (χ2n) is 4.38. The van der Waals surface area contributed by atoms with Gasteiger partial charge in [-0.05, 0) is 43.3 Å². The molecule has 0 saturated carbocycles. The lowest BCUT2D eigenvalue weighted by Gasteiger charge is -2.11. The van der Waals surface area contributed by atoms with E-state index in [0.29, 0.717) is 19.8 Å². The molecule has 1 N–H and O–H groups in total. The molecule has 0 aliphatic heterocycles. The fourth-order valence-electron chi connectivity index (χ4n) is 1.93. The van der Waals surface area contributed by atoms with E-state index in [1.54, 1.807) is 7.11 Å². The van der Waals surface area contributed by atoms with Crippen LogP contribution in [0, 0.1) is 0 Å². The molecule has 2 aromatic rings. The maximum Gasteiger partial charge on any atom is 0.161 e. The number of hydrogen-bond acceptors (Lipinski definition) is 4. The third kappa shape index (κ3) is 4.60. The van der Waals surface area contributed by atoms with Crippen molar-refractivity contribution in [3.8, 4) is 17.2 Å². The summed E-state index contributed by atoms with van der Waals surface area (Å²) >= 11 is 0. The molecule has 112 valence electrons. The van der Waals surface area contributed by atoms with Gasteiger partial charge in [0.15, 0.2) is 11.5 Å². The van der Waals surface area contributed by atoms with Crippen LogP contribution in [0.2, 0.25) is 0 Å². The van der Waals surface area contributed by atoms with Crippen LogP contribution in [-0.2, 0) is 0 Å². The predicted octanol–water partition coefficient (Wildman–Crippen LogP) is 3.58. The number of rotatable bonds is 8. The Kier molecular flexibility index (Phi) is 5.76. The van der Waals surface area contributed by atoms with Crippen molar-refractivity contribution in [2.24, 2.45) is 0 Å². The van der Waals surface area contributed by atoms with Gasteiger partial charge in [-0.1, -0.05) is 12.1 Å². The molecule has 0 radical (unpaired) electrons. The molecule has 0 saturated heterocycles. The van der Waals surface area contributed by atoms with E-state index in [4.69, 9.17) is 14.2 Å². The van der Waals surface area contributed by atoms with Crippen molar-refractivity contribution in [3.05, 3.63) is 48.5 Å². The molecule has 0 bridgehead atoms. The highest BCUT2D eigenvalue weighted by atomic mass is 16.5. The Hall–Kier alpha value is -2.36. The standard InChI is InChI=1S/C17H21NO3/c1-3-20-15-10-8-14(9-11-15)18-12-13-21-17-7-5-4-6-16(17)19-2/h4-11,18H,3,12-13H2,1-2H3. The van der Waals surface area contributed by atoms with Crippen LogP contribution in [0.15, 0.2) is 48.5 Å². The van der Waals surface area contributed by atoms with Gasteiger partial charge in [0.05, 0.1) is 13.7 Å². The molecule has 2 rings (SSSR count). The van der Waals surface area contributed by atoms with Gasteiger partial charge in [-0.15, -0.1) is 0 Å². The molecule has 0 aliphatic carbocycles. The lowest BCUT2D eigenvalue weighted by atomic mass is 10.3. The summed E-state index contributed by atoms with van der Waals surface area (Å²) in [5.41, 5.74) is 1.04. The van der Waals surface area contributed by atoms with Crippen molar-refractivity contribution in [2.75, 3.05) is 32.2 Å². The molecule has 0 aromatic heterocycles. The monoisotopic (exact) mass is 287 g/mol. The SMILES string of the molecule is CCOc1ccc(NCCOc2ccccc2OC)cc1.